The number of unbranched alkanes of at least 4 members (excludes halogenated alkanes) is 11. The van der Waals surface area contributed by atoms with Gasteiger partial charge in [0, 0.05) is 6.42 Å². The topological polar surface area (TPSA) is 37.3 Å². The van der Waals surface area contributed by atoms with Crippen LogP contribution in [0.5, 0.6) is 0 Å². The quantitative estimate of drug-likeness (QED) is 0.382. The van der Waals surface area contributed by atoms with Gasteiger partial charge in [0.05, 0.1) is 0 Å². The Morgan fingerprint density at radius 2 is 1.06 bits per heavy atom. The first-order valence-electron chi connectivity index (χ1n) is 7.49. The first kappa shape index (κ1) is 21.3. The molecule has 0 unspecified atom stereocenters. The van der Waals surface area contributed by atoms with Gasteiger partial charge in [-0.05, 0) is 6.42 Å². The molecule has 0 aliphatic carbocycles. The minimum absolute atomic E-state index is 0. The third kappa shape index (κ3) is 19.4. The maximum atomic E-state index is 10.3. The van der Waals surface area contributed by atoms with E-state index in [1.54, 1.807) is 0 Å². The second kappa shape index (κ2) is 18.0. The average molecular weight is 382 g/mol. The molecule has 3 heteroatoms. The van der Waals surface area contributed by atoms with E-state index in [2.05, 4.69) is 6.92 Å². The van der Waals surface area contributed by atoms with E-state index in [0.29, 0.717) is 6.42 Å². The molecule has 0 saturated carbocycles. The van der Waals surface area contributed by atoms with Crippen LogP contribution in [0.3, 0.4) is 0 Å². The van der Waals surface area contributed by atoms with Gasteiger partial charge in [-0.2, -0.15) is 0 Å². The Kier molecular flexibility index (Phi) is 21.4. The summed E-state index contributed by atoms with van der Waals surface area (Å²) >= 11 is 0. The fourth-order valence-electron chi connectivity index (χ4n) is 2.12. The molecule has 0 heterocycles. The molecule has 0 atom stereocenters. The van der Waals surface area contributed by atoms with Crippen molar-refractivity contribution in [2.45, 2.75) is 90.4 Å². The van der Waals surface area contributed by atoms with Crippen molar-refractivity contribution in [3.05, 3.63) is 0 Å². The van der Waals surface area contributed by atoms with Crippen LogP contribution in [-0.4, -0.2) is 60.0 Å². The van der Waals surface area contributed by atoms with Crippen LogP contribution in [0.4, 0.5) is 0 Å². The third-order valence-electron chi connectivity index (χ3n) is 3.24. The van der Waals surface area contributed by atoms with Gasteiger partial charge < -0.3 is 5.11 Å². The van der Waals surface area contributed by atoms with Crippen molar-refractivity contribution in [3.8, 4) is 0 Å². The average Bonchev–Trinajstić information content (AvgIpc) is 2.30. The Labute approximate surface area is 153 Å². The van der Waals surface area contributed by atoms with E-state index in [0.717, 1.165) is 12.8 Å². The van der Waals surface area contributed by atoms with Gasteiger partial charge in [0.25, 0.3) is 0 Å². The van der Waals surface area contributed by atoms with E-state index >= 15 is 0 Å². The van der Waals surface area contributed by atoms with Crippen molar-refractivity contribution in [1.29, 1.82) is 0 Å². The summed E-state index contributed by atoms with van der Waals surface area (Å²) in [6.45, 7) is 2.25. The molecule has 0 amide bonds. The van der Waals surface area contributed by atoms with E-state index in [9.17, 15) is 4.79 Å². The Morgan fingerprint density at radius 3 is 1.39 bits per heavy atom. The molecule has 0 spiro atoms. The number of carbonyl (C=O) groups is 1. The molecular formula is C15H32BaO2. The maximum absolute atomic E-state index is 10.3. The van der Waals surface area contributed by atoms with E-state index < -0.39 is 5.97 Å². The van der Waals surface area contributed by atoms with Crippen molar-refractivity contribution < 1.29 is 9.90 Å². The van der Waals surface area contributed by atoms with Crippen molar-refractivity contribution in [2.24, 2.45) is 0 Å². The van der Waals surface area contributed by atoms with Crippen LogP contribution in [0, 0.1) is 0 Å². The fraction of sp³-hybridized carbons (Fsp3) is 0.933. The number of carboxylic acid groups (broad SMARTS) is 1. The van der Waals surface area contributed by atoms with Gasteiger partial charge in [0.1, 0.15) is 0 Å². The summed E-state index contributed by atoms with van der Waals surface area (Å²) in [5, 5.41) is 8.47. The van der Waals surface area contributed by atoms with Crippen molar-refractivity contribution >= 4 is 54.9 Å². The first-order valence-corrected chi connectivity index (χ1v) is 7.49. The van der Waals surface area contributed by atoms with Crippen LogP contribution < -0.4 is 0 Å². The van der Waals surface area contributed by atoms with Crippen LogP contribution in [0.25, 0.3) is 0 Å². The van der Waals surface area contributed by atoms with Crippen molar-refractivity contribution in [1.82, 2.24) is 0 Å². The van der Waals surface area contributed by atoms with E-state index in [1.807, 2.05) is 0 Å². The summed E-state index contributed by atoms with van der Waals surface area (Å²) in [7, 11) is 0. The number of rotatable bonds is 13. The van der Waals surface area contributed by atoms with Crippen LogP contribution >= 0.6 is 0 Å². The summed E-state index contributed by atoms with van der Waals surface area (Å²) in [5.41, 5.74) is 0. The van der Waals surface area contributed by atoms with Crippen molar-refractivity contribution in [2.75, 3.05) is 0 Å². The predicted molar refractivity (Wildman–Crippen MR) is 81.9 cm³/mol. The second-order valence-electron chi connectivity index (χ2n) is 5.03. The molecule has 0 aromatic heterocycles. The van der Waals surface area contributed by atoms with Crippen LogP contribution in [0.1, 0.15) is 90.4 Å². The van der Waals surface area contributed by atoms with Gasteiger partial charge in [-0.1, -0.05) is 77.6 Å². The molecule has 18 heavy (non-hydrogen) atoms. The minimum atomic E-state index is -0.655. The molecule has 0 saturated heterocycles. The van der Waals surface area contributed by atoms with E-state index in [4.69, 9.17) is 5.11 Å². The van der Waals surface area contributed by atoms with Gasteiger partial charge >= 0.3 is 54.9 Å². The van der Waals surface area contributed by atoms with Gasteiger partial charge in [0.2, 0.25) is 0 Å². The summed E-state index contributed by atoms with van der Waals surface area (Å²) in [5.74, 6) is -0.655. The molecule has 0 aromatic rings. The normalized spacial score (nSPS) is 10.1. The molecule has 0 aliphatic rings. The number of hydrogen-bond donors (Lipinski definition) is 1. The number of carboxylic acids is 1. The third-order valence-corrected chi connectivity index (χ3v) is 3.24. The van der Waals surface area contributed by atoms with Gasteiger partial charge in [-0.25, -0.2) is 0 Å². The molecule has 0 aromatic carbocycles. The second-order valence-corrected chi connectivity index (χ2v) is 5.03. The Morgan fingerprint density at radius 1 is 0.722 bits per heavy atom. The molecule has 0 aliphatic heterocycles. The predicted octanol–water partition coefficient (Wildman–Crippen LogP) is 4.25. The van der Waals surface area contributed by atoms with Crippen LogP contribution in [0.2, 0.25) is 0 Å². The molecule has 0 bridgehead atoms. The fourth-order valence-corrected chi connectivity index (χ4v) is 2.12. The Balaban J connectivity index is 0. The van der Waals surface area contributed by atoms with E-state index in [-0.39, 0.29) is 48.9 Å². The van der Waals surface area contributed by atoms with Crippen LogP contribution in [-0.2, 0) is 4.79 Å². The monoisotopic (exact) mass is 382 g/mol. The first-order chi connectivity index (χ1) is 8.27. The standard InChI is InChI=1S/C15H30O2.Ba.2H/c1-2-3-4-5-6-7-8-9-10-11-12-13-14-15(16)17;;;/h2-14H2,1H3,(H,16,17);;;. The zero-order valence-corrected chi connectivity index (χ0v) is 11.5. The van der Waals surface area contributed by atoms with E-state index in [1.165, 1.54) is 64.2 Å². The summed E-state index contributed by atoms with van der Waals surface area (Å²) < 4.78 is 0. The SMILES string of the molecule is CCCCCCCCCCCCCCC(=O)O.[BaH2]. The Hall–Kier alpha value is 1.04. The molecule has 2 nitrogen and oxygen atoms in total. The zero-order chi connectivity index (χ0) is 12.8. The summed E-state index contributed by atoms with van der Waals surface area (Å²) in [6, 6.07) is 0. The molecular weight excluding hydrogens is 349 g/mol. The van der Waals surface area contributed by atoms with Crippen molar-refractivity contribution in [3.63, 3.8) is 0 Å². The number of aliphatic carboxylic acids is 1. The molecule has 0 radical (unpaired) electrons. The molecule has 0 rings (SSSR count). The molecule has 1 N–H and O–H groups in total. The number of hydrogen-bond acceptors (Lipinski definition) is 1. The van der Waals surface area contributed by atoms with Crippen LogP contribution in [0.15, 0.2) is 0 Å². The summed E-state index contributed by atoms with van der Waals surface area (Å²) in [4.78, 5) is 10.3. The van der Waals surface area contributed by atoms with Gasteiger partial charge in [-0.3, -0.25) is 4.79 Å². The molecule has 106 valence electrons. The zero-order valence-electron chi connectivity index (χ0n) is 11.5. The Bertz CT molecular complexity index is 172. The summed E-state index contributed by atoms with van der Waals surface area (Å²) in [6.07, 6.45) is 15.8. The van der Waals surface area contributed by atoms with Gasteiger partial charge in [0.15, 0.2) is 0 Å². The molecule has 0 fully saturated rings. The van der Waals surface area contributed by atoms with Gasteiger partial charge in [-0.15, -0.1) is 0 Å².